The number of amides is 1. The largest absolute Gasteiger partial charge is 0.397 e. The summed E-state index contributed by atoms with van der Waals surface area (Å²) >= 11 is 2.97. The number of pyridine rings is 1. The van der Waals surface area contributed by atoms with E-state index in [1.54, 1.807) is 11.3 Å². The van der Waals surface area contributed by atoms with E-state index in [1.807, 2.05) is 37.4 Å². The molecule has 3 aromatic heterocycles. The van der Waals surface area contributed by atoms with Crippen LogP contribution in [-0.2, 0) is 6.54 Å². The van der Waals surface area contributed by atoms with Crippen molar-refractivity contribution in [2.45, 2.75) is 20.4 Å². The van der Waals surface area contributed by atoms with Crippen LogP contribution in [0.4, 0.5) is 5.69 Å². The van der Waals surface area contributed by atoms with Gasteiger partial charge >= 0.3 is 0 Å². The molecule has 0 aromatic carbocycles. The minimum absolute atomic E-state index is 0.138. The molecule has 3 heterocycles. The van der Waals surface area contributed by atoms with E-state index in [9.17, 15) is 4.79 Å². The van der Waals surface area contributed by atoms with Crippen molar-refractivity contribution >= 4 is 44.5 Å². The summed E-state index contributed by atoms with van der Waals surface area (Å²) in [7, 11) is 0. The molecule has 0 radical (unpaired) electrons. The molecule has 3 rings (SSSR count). The third-order valence-corrected chi connectivity index (χ3v) is 5.21. The number of carbonyl (C=O) groups is 1. The Bertz CT molecular complexity index is 806. The highest BCUT2D eigenvalue weighted by molar-refractivity contribution is 7.21. The van der Waals surface area contributed by atoms with Crippen molar-refractivity contribution in [1.29, 1.82) is 0 Å². The summed E-state index contributed by atoms with van der Waals surface area (Å²) in [6, 6.07) is 5.95. The molecule has 0 aliphatic heterocycles. The molecule has 0 unspecified atom stereocenters. The Morgan fingerprint density at radius 1 is 1.43 bits per heavy atom. The Labute approximate surface area is 130 Å². The topological polar surface area (TPSA) is 68.0 Å². The molecule has 0 aliphatic rings. The molecule has 108 valence electrons. The summed E-state index contributed by atoms with van der Waals surface area (Å²) in [6.45, 7) is 4.46. The Morgan fingerprint density at radius 3 is 2.95 bits per heavy atom. The third kappa shape index (κ3) is 2.64. The van der Waals surface area contributed by atoms with E-state index in [2.05, 4.69) is 10.3 Å². The van der Waals surface area contributed by atoms with Crippen LogP contribution in [0.2, 0.25) is 0 Å². The number of nitrogens with two attached hydrogens (primary N) is 1. The minimum Gasteiger partial charge on any atom is -0.397 e. The van der Waals surface area contributed by atoms with Crippen molar-refractivity contribution in [2.24, 2.45) is 0 Å². The molecule has 6 heteroatoms. The number of thiophene rings is 2. The van der Waals surface area contributed by atoms with Crippen LogP contribution in [0, 0.1) is 13.8 Å². The molecule has 21 heavy (non-hydrogen) atoms. The number of hydrogen-bond donors (Lipinski definition) is 2. The minimum atomic E-state index is -0.138. The van der Waals surface area contributed by atoms with Crippen LogP contribution >= 0.6 is 22.7 Å². The fourth-order valence-corrected chi connectivity index (χ4v) is 4.08. The normalized spacial score (nSPS) is 11.0. The van der Waals surface area contributed by atoms with Gasteiger partial charge in [-0.1, -0.05) is 6.07 Å². The van der Waals surface area contributed by atoms with Crippen LogP contribution in [0.15, 0.2) is 23.6 Å². The lowest BCUT2D eigenvalue weighted by atomic mass is 10.1. The number of hydrogen-bond acceptors (Lipinski definition) is 5. The third-order valence-electron chi connectivity index (χ3n) is 3.23. The van der Waals surface area contributed by atoms with E-state index in [4.69, 9.17) is 5.73 Å². The molecule has 4 nitrogen and oxygen atoms in total. The molecule has 0 saturated carbocycles. The summed E-state index contributed by atoms with van der Waals surface area (Å²) in [4.78, 5) is 19.3. The first-order valence-corrected chi connectivity index (χ1v) is 8.22. The maximum Gasteiger partial charge on any atom is 0.263 e. The van der Waals surface area contributed by atoms with Crippen molar-refractivity contribution in [3.8, 4) is 0 Å². The van der Waals surface area contributed by atoms with E-state index >= 15 is 0 Å². The lowest BCUT2D eigenvalue weighted by Crippen LogP contribution is -2.22. The smallest absolute Gasteiger partial charge is 0.263 e. The van der Waals surface area contributed by atoms with Gasteiger partial charge in [0.2, 0.25) is 0 Å². The van der Waals surface area contributed by atoms with Gasteiger partial charge in [0.05, 0.1) is 12.2 Å². The molecule has 0 aliphatic carbocycles. The predicted octanol–water partition coefficient (Wildman–Crippen LogP) is 3.49. The zero-order chi connectivity index (χ0) is 15.0. The zero-order valence-corrected chi connectivity index (χ0v) is 13.4. The van der Waals surface area contributed by atoms with Crippen LogP contribution in [0.5, 0.6) is 0 Å². The number of nitrogens with zero attached hydrogens (tertiary/aromatic N) is 1. The van der Waals surface area contributed by atoms with Crippen molar-refractivity contribution in [1.82, 2.24) is 10.3 Å². The van der Waals surface area contributed by atoms with Gasteiger partial charge in [0.1, 0.15) is 9.71 Å². The number of fused-ring (bicyclic) bond motifs is 1. The second kappa shape index (κ2) is 5.46. The van der Waals surface area contributed by atoms with Crippen molar-refractivity contribution in [3.05, 3.63) is 44.6 Å². The predicted molar refractivity (Wildman–Crippen MR) is 89.0 cm³/mol. The lowest BCUT2D eigenvalue weighted by Gasteiger charge is -2.03. The van der Waals surface area contributed by atoms with Crippen molar-refractivity contribution in [3.63, 3.8) is 0 Å². The highest BCUT2D eigenvalue weighted by atomic mass is 32.1. The number of aromatic nitrogens is 1. The van der Waals surface area contributed by atoms with Crippen molar-refractivity contribution in [2.75, 3.05) is 5.73 Å². The van der Waals surface area contributed by atoms with Gasteiger partial charge in [-0.3, -0.25) is 4.79 Å². The summed E-state index contributed by atoms with van der Waals surface area (Å²) < 4.78 is 0. The summed E-state index contributed by atoms with van der Waals surface area (Å²) in [5, 5.41) is 5.80. The van der Waals surface area contributed by atoms with Gasteiger partial charge in [-0.05, 0) is 36.9 Å². The van der Waals surface area contributed by atoms with Gasteiger partial charge in [-0.15, -0.1) is 22.7 Å². The fourth-order valence-electron chi connectivity index (χ4n) is 2.30. The van der Waals surface area contributed by atoms with Crippen LogP contribution < -0.4 is 11.1 Å². The molecule has 1 amide bonds. The summed E-state index contributed by atoms with van der Waals surface area (Å²) in [5.41, 5.74) is 8.68. The monoisotopic (exact) mass is 317 g/mol. The average Bonchev–Trinajstić information content (AvgIpc) is 3.04. The second-order valence-electron chi connectivity index (χ2n) is 4.87. The number of nitrogen functional groups attached to an aromatic ring is 1. The van der Waals surface area contributed by atoms with Gasteiger partial charge in [0, 0.05) is 16.0 Å². The van der Waals surface area contributed by atoms with E-state index in [-0.39, 0.29) is 5.91 Å². The highest BCUT2D eigenvalue weighted by Crippen LogP contribution is 2.34. The quantitative estimate of drug-likeness (QED) is 0.777. The highest BCUT2D eigenvalue weighted by Gasteiger charge is 2.18. The van der Waals surface area contributed by atoms with Gasteiger partial charge in [0.25, 0.3) is 5.91 Å². The number of nitrogens with one attached hydrogen (secondary N) is 1. The first-order valence-electron chi connectivity index (χ1n) is 6.53. The van der Waals surface area contributed by atoms with Crippen LogP contribution in [0.25, 0.3) is 10.2 Å². The van der Waals surface area contributed by atoms with Gasteiger partial charge in [-0.2, -0.15) is 0 Å². The zero-order valence-electron chi connectivity index (χ0n) is 11.8. The van der Waals surface area contributed by atoms with Crippen LogP contribution in [0.1, 0.15) is 25.8 Å². The molecule has 0 bridgehead atoms. The Morgan fingerprint density at radius 2 is 2.24 bits per heavy atom. The standard InChI is InChI=1S/C15H15N3OS2/c1-8-6-9(2)18-15-11(8)12(16)13(21-15)14(19)17-7-10-4-3-5-20-10/h3-6H,7,16H2,1-2H3,(H,17,19). The summed E-state index contributed by atoms with van der Waals surface area (Å²) in [6.07, 6.45) is 0. The summed E-state index contributed by atoms with van der Waals surface area (Å²) in [5.74, 6) is -0.138. The van der Waals surface area contributed by atoms with Gasteiger partial charge in [0.15, 0.2) is 0 Å². The lowest BCUT2D eigenvalue weighted by molar-refractivity contribution is 0.0956. The van der Waals surface area contributed by atoms with Crippen molar-refractivity contribution < 1.29 is 4.79 Å². The number of aryl methyl sites for hydroxylation is 2. The van der Waals surface area contributed by atoms with Crippen LogP contribution in [0.3, 0.4) is 0 Å². The fraction of sp³-hybridized carbons (Fsp3) is 0.200. The first kappa shape index (κ1) is 14.0. The Hall–Kier alpha value is -1.92. The molecule has 0 spiro atoms. The Balaban J connectivity index is 1.91. The molecule has 3 N–H and O–H groups in total. The first-order chi connectivity index (χ1) is 10.1. The second-order valence-corrected chi connectivity index (χ2v) is 6.90. The van der Waals surface area contributed by atoms with E-state index in [1.165, 1.54) is 11.3 Å². The molecular formula is C15H15N3OS2. The van der Waals surface area contributed by atoms with Gasteiger partial charge in [-0.25, -0.2) is 4.98 Å². The molecule has 0 saturated heterocycles. The number of rotatable bonds is 3. The molecule has 3 aromatic rings. The van der Waals surface area contributed by atoms with Gasteiger partial charge < -0.3 is 11.1 Å². The van der Waals surface area contributed by atoms with Crippen LogP contribution in [-0.4, -0.2) is 10.9 Å². The Kier molecular flexibility index (Phi) is 3.65. The molecular weight excluding hydrogens is 302 g/mol. The SMILES string of the molecule is Cc1cc(C)c2c(N)c(C(=O)NCc3cccs3)sc2n1. The van der Waals surface area contributed by atoms with E-state index < -0.39 is 0 Å². The number of anilines is 1. The maximum absolute atomic E-state index is 12.3. The van der Waals surface area contributed by atoms with E-state index in [0.717, 1.165) is 26.4 Å². The van der Waals surface area contributed by atoms with E-state index in [0.29, 0.717) is 17.1 Å². The average molecular weight is 317 g/mol. The number of carbonyl (C=O) groups excluding carboxylic acids is 1. The molecule has 0 fully saturated rings. The maximum atomic E-state index is 12.3. The molecule has 0 atom stereocenters.